The van der Waals surface area contributed by atoms with E-state index in [-0.39, 0.29) is 14.2 Å². The first-order chi connectivity index (χ1) is 9.79. The fraction of sp³-hybridized carbons (Fsp3) is 0.667. The molecule has 2 atom stereocenters. The van der Waals surface area contributed by atoms with Gasteiger partial charge in [0.25, 0.3) is 5.69 Å². The molecule has 0 amide bonds. The minimum absolute atomic E-state index is 0.108. The zero-order valence-corrected chi connectivity index (χ0v) is 13.9. The summed E-state index contributed by atoms with van der Waals surface area (Å²) in [5, 5.41) is 10.7. The molecule has 9 heteroatoms. The Morgan fingerprint density at radius 1 is 1.52 bits per heavy atom. The lowest BCUT2D eigenvalue weighted by atomic mass is 9.83. The third-order valence-corrected chi connectivity index (χ3v) is 6.95. The minimum atomic E-state index is -3.73. The van der Waals surface area contributed by atoms with Gasteiger partial charge in [0.05, 0.1) is 4.92 Å². The smallest absolute Gasteiger partial charge is 0.258 e. The molecule has 21 heavy (non-hydrogen) atoms. The van der Waals surface area contributed by atoms with E-state index in [1.807, 2.05) is 0 Å². The predicted molar refractivity (Wildman–Crippen MR) is 82.3 cm³/mol. The third kappa shape index (κ3) is 4.15. The molecule has 1 aromatic rings. The van der Waals surface area contributed by atoms with Gasteiger partial charge >= 0.3 is 0 Å². The molecular formula is C12H17ClN2O4S2. The van der Waals surface area contributed by atoms with Crippen LogP contribution in [0.2, 0.25) is 4.34 Å². The molecule has 2 unspecified atom stereocenters. The fourth-order valence-electron chi connectivity index (χ4n) is 2.64. The molecule has 0 spiro atoms. The van der Waals surface area contributed by atoms with Crippen LogP contribution in [-0.4, -0.2) is 19.9 Å². The third-order valence-electron chi connectivity index (χ3n) is 3.71. The van der Waals surface area contributed by atoms with Crippen molar-refractivity contribution in [2.45, 2.75) is 36.8 Å². The van der Waals surface area contributed by atoms with Gasteiger partial charge in [0, 0.05) is 12.6 Å². The van der Waals surface area contributed by atoms with Crippen LogP contribution in [0.4, 0.5) is 5.69 Å². The number of hydrogen-bond donors (Lipinski definition) is 1. The normalized spacial score (nSPS) is 23.1. The molecule has 0 bridgehead atoms. The van der Waals surface area contributed by atoms with Crippen LogP contribution in [0.25, 0.3) is 0 Å². The zero-order chi connectivity index (χ0) is 15.6. The largest absolute Gasteiger partial charge is 0.300 e. The molecule has 1 aromatic heterocycles. The van der Waals surface area contributed by atoms with Gasteiger partial charge in [-0.25, -0.2) is 13.1 Å². The van der Waals surface area contributed by atoms with E-state index < -0.39 is 14.9 Å². The van der Waals surface area contributed by atoms with Gasteiger partial charge in [-0.05, 0) is 24.7 Å². The Hall–Kier alpha value is -0.700. The highest BCUT2D eigenvalue weighted by molar-refractivity contribution is 7.91. The summed E-state index contributed by atoms with van der Waals surface area (Å²) in [5.74, 6) is 0.944. The molecule has 6 nitrogen and oxygen atoms in total. The van der Waals surface area contributed by atoms with Gasteiger partial charge in [0.15, 0.2) is 4.34 Å². The first kappa shape index (κ1) is 16.7. The van der Waals surface area contributed by atoms with E-state index in [0.717, 1.165) is 25.3 Å². The second-order valence-corrected chi connectivity index (χ2v) is 9.12. The number of nitrogens with one attached hydrogen (secondary N) is 1. The molecule has 1 saturated carbocycles. The summed E-state index contributed by atoms with van der Waals surface area (Å²) in [6.45, 7) is 2.54. The highest BCUT2D eigenvalue weighted by Crippen LogP contribution is 2.36. The Bertz CT molecular complexity index is 629. The lowest BCUT2D eigenvalue weighted by Crippen LogP contribution is -2.31. The van der Waals surface area contributed by atoms with Crippen molar-refractivity contribution in [1.82, 2.24) is 4.72 Å². The Morgan fingerprint density at radius 2 is 2.24 bits per heavy atom. The molecule has 1 aliphatic carbocycles. The Balaban J connectivity index is 2.04. The topological polar surface area (TPSA) is 89.3 Å². The lowest BCUT2D eigenvalue weighted by molar-refractivity contribution is -0.384. The van der Waals surface area contributed by atoms with Crippen LogP contribution in [-0.2, 0) is 10.0 Å². The van der Waals surface area contributed by atoms with E-state index in [0.29, 0.717) is 29.7 Å². The van der Waals surface area contributed by atoms with E-state index in [4.69, 9.17) is 11.6 Å². The van der Waals surface area contributed by atoms with Crippen molar-refractivity contribution in [3.05, 3.63) is 20.5 Å². The van der Waals surface area contributed by atoms with Crippen LogP contribution in [0, 0.1) is 22.0 Å². The van der Waals surface area contributed by atoms with Crippen molar-refractivity contribution >= 4 is 38.6 Å². The van der Waals surface area contributed by atoms with Crippen molar-refractivity contribution < 1.29 is 13.3 Å². The van der Waals surface area contributed by atoms with Crippen molar-refractivity contribution in [2.75, 3.05) is 6.54 Å². The van der Waals surface area contributed by atoms with Crippen LogP contribution in [0.15, 0.2) is 10.3 Å². The summed E-state index contributed by atoms with van der Waals surface area (Å²) in [6.07, 6.45) is 4.33. The van der Waals surface area contributed by atoms with Crippen LogP contribution < -0.4 is 4.72 Å². The van der Waals surface area contributed by atoms with Crippen LogP contribution in [0.3, 0.4) is 0 Å². The van der Waals surface area contributed by atoms with Gasteiger partial charge in [-0.1, -0.05) is 31.4 Å². The number of sulfonamides is 1. The Kier molecular flexibility index (Phi) is 5.24. The molecule has 0 aliphatic heterocycles. The fourth-order valence-corrected chi connectivity index (χ4v) is 5.46. The lowest BCUT2D eigenvalue weighted by Gasteiger charge is -2.26. The monoisotopic (exact) mass is 352 g/mol. The maximum absolute atomic E-state index is 12.2. The van der Waals surface area contributed by atoms with Gasteiger partial charge in [0.1, 0.15) is 4.21 Å². The minimum Gasteiger partial charge on any atom is -0.258 e. The van der Waals surface area contributed by atoms with Crippen LogP contribution >= 0.6 is 22.9 Å². The van der Waals surface area contributed by atoms with E-state index >= 15 is 0 Å². The van der Waals surface area contributed by atoms with Gasteiger partial charge < -0.3 is 0 Å². The summed E-state index contributed by atoms with van der Waals surface area (Å²) in [4.78, 5) is 10.0. The zero-order valence-electron chi connectivity index (χ0n) is 11.5. The summed E-state index contributed by atoms with van der Waals surface area (Å²) in [5.41, 5.74) is -0.367. The highest BCUT2D eigenvalue weighted by atomic mass is 35.5. The highest BCUT2D eigenvalue weighted by Gasteiger charge is 2.26. The second-order valence-electron chi connectivity index (χ2n) is 5.47. The van der Waals surface area contributed by atoms with Crippen molar-refractivity contribution in [1.29, 1.82) is 0 Å². The standard InChI is InChI=1S/C12H17ClN2O4S2/c1-8-3-2-4-9(5-8)7-14-21(18,19)11-6-10(15(16)17)12(13)20-11/h6,8-9,14H,2-5,7H2,1H3. The SMILES string of the molecule is CC1CCCC(CNS(=O)(=O)c2cc([N+](=O)[O-])c(Cl)s2)C1. The Morgan fingerprint density at radius 3 is 2.81 bits per heavy atom. The average molecular weight is 353 g/mol. The maximum Gasteiger partial charge on any atom is 0.300 e. The van der Waals surface area contributed by atoms with Crippen molar-refractivity contribution in [2.24, 2.45) is 11.8 Å². The summed E-state index contributed by atoms with van der Waals surface area (Å²) in [6, 6.07) is 1.01. The summed E-state index contributed by atoms with van der Waals surface area (Å²) < 4.78 is 26.6. The number of thiophene rings is 1. The molecule has 1 aliphatic rings. The van der Waals surface area contributed by atoms with Crippen molar-refractivity contribution in [3.8, 4) is 0 Å². The summed E-state index contributed by atoms with van der Waals surface area (Å²) in [7, 11) is -3.73. The molecule has 118 valence electrons. The van der Waals surface area contributed by atoms with Gasteiger partial charge in [-0.2, -0.15) is 0 Å². The molecule has 1 N–H and O–H groups in total. The molecule has 0 saturated heterocycles. The van der Waals surface area contributed by atoms with Crippen molar-refractivity contribution in [3.63, 3.8) is 0 Å². The molecule has 0 aromatic carbocycles. The molecular weight excluding hydrogens is 336 g/mol. The van der Waals surface area contributed by atoms with Gasteiger partial charge in [0.2, 0.25) is 10.0 Å². The molecule has 1 heterocycles. The molecule has 0 radical (unpaired) electrons. The van der Waals surface area contributed by atoms with E-state index in [9.17, 15) is 18.5 Å². The van der Waals surface area contributed by atoms with E-state index in [2.05, 4.69) is 11.6 Å². The maximum atomic E-state index is 12.2. The number of halogens is 1. The Labute approximate surface area is 132 Å². The molecule has 2 rings (SSSR count). The van der Waals surface area contributed by atoms with Crippen LogP contribution in [0.1, 0.15) is 32.6 Å². The van der Waals surface area contributed by atoms with E-state index in [1.165, 1.54) is 6.42 Å². The number of nitrogens with zero attached hydrogens (tertiary/aromatic N) is 1. The first-order valence-corrected chi connectivity index (χ1v) is 9.40. The predicted octanol–water partition coefficient (Wildman–Crippen LogP) is 3.41. The second kappa shape index (κ2) is 6.60. The molecule has 1 fully saturated rings. The van der Waals surface area contributed by atoms with E-state index in [1.54, 1.807) is 0 Å². The van der Waals surface area contributed by atoms with Crippen LogP contribution in [0.5, 0.6) is 0 Å². The first-order valence-electron chi connectivity index (χ1n) is 6.73. The number of rotatable bonds is 5. The average Bonchev–Trinajstić information content (AvgIpc) is 2.80. The number of hydrogen-bond acceptors (Lipinski definition) is 5. The van der Waals surface area contributed by atoms with Gasteiger partial charge in [-0.3, -0.25) is 10.1 Å². The van der Waals surface area contributed by atoms with Gasteiger partial charge in [-0.15, -0.1) is 11.3 Å². The quantitative estimate of drug-likeness (QED) is 0.649. The summed E-state index contributed by atoms with van der Waals surface area (Å²) >= 11 is 6.41. The number of nitro groups is 1.